The van der Waals surface area contributed by atoms with Crippen molar-refractivity contribution in [2.75, 3.05) is 5.75 Å². The molecule has 1 atom stereocenters. The van der Waals surface area contributed by atoms with E-state index in [1.807, 2.05) is 23.9 Å². The molecule has 1 aromatic heterocycles. The summed E-state index contributed by atoms with van der Waals surface area (Å²) in [5.41, 5.74) is 0.338. The summed E-state index contributed by atoms with van der Waals surface area (Å²) < 4.78 is 5.40. The summed E-state index contributed by atoms with van der Waals surface area (Å²) in [6, 6.07) is 4.02. The van der Waals surface area contributed by atoms with Gasteiger partial charge in [0, 0.05) is 11.3 Å². The second-order valence-corrected chi connectivity index (χ2v) is 6.34. The number of rotatable bonds is 2. The van der Waals surface area contributed by atoms with E-state index in [0.717, 1.165) is 10.9 Å². The zero-order valence-corrected chi connectivity index (χ0v) is 11.6. The normalized spacial score (nSPS) is 26.4. The molecule has 4 heteroatoms. The van der Waals surface area contributed by atoms with Gasteiger partial charge in [-0.15, -0.1) is 0 Å². The van der Waals surface area contributed by atoms with Crippen molar-refractivity contribution < 1.29 is 4.42 Å². The molecule has 2 aliphatic rings. The molecule has 1 aliphatic heterocycles. The Morgan fingerprint density at radius 3 is 2.94 bits per heavy atom. The minimum atomic E-state index is 0.105. The first-order valence-electron chi connectivity index (χ1n) is 6.80. The molecule has 2 heterocycles. The highest BCUT2D eigenvalue weighted by Crippen LogP contribution is 2.36. The molecule has 1 unspecified atom stereocenters. The number of furan rings is 1. The predicted octanol–water partition coefficient (Wildman–Crippen LogP) is 3.74. The molecule has 1 saturated heterocycles. The highest BCUT2D eigenvalue weighted by atomic mass is 32.2. The largest absolute Gasteiger partial charge is 0.467 e. The van der Waals surface area contributed by atoms with Crippen molar-refractivity contribution in [3.63, 3.8) is 0 Å². The molecule has 18 heavy (non-hydrogen) atoms. The molecule has 1 aromatic rings. The van der Waals surface area contributed by atoms with E-state index in [2.05, 4.69) is 12.2 Å². The van der Waals surface area contributed by atoms with Crippen LogP contribution in [0.4, 0.5) is 0 Å². The molecule has 1 aliphatic carbocycles. The predicted molar refractivity (Wildman–Crippen MR) is 76.0 cm³/mol. The molecule has 2 fully saturated rings. The maximum atomic E-state index is 5.40. The molecule has 0 bridgehead atoms. The van der Waals surface area contributed by atoms with Crippen LogP contribution in [-0.2, 0) is 0 Å². The van der Waals surface area contributed by atoms with Crippen LogP contribution in [0.3, 0.4) is 0 Å². The molecule has 1 saturated carbocycles. The first-order valence-corrected chi connectivity index (χ1v) is 7.78. The second-order valence-electron chi connectivity index (χ2n) is 5.38. The van der Waals surface area contributed by atoms with Gasteiger partial charge < -0.3 is 9.73 Å². The first-order chi connectivity index (χ1) is 8.77. The van der Waals surface area contributed by atoms with Gasteiger partial charge in [-0.25, -0.2) is 0 Å². The van der Waals surface area contributed by atoms with Gasteiger partial charge in [0.25, 0.3) is 0 Å². The van der Waals surface area contributed by atoms with Crippen molar-refractivity contribution >= 4 is 16.9 Å². The Hall–Kier alpha value is -0.900. The number of hydrogen-bond acceptors (Lipinski definition) is 3. The summed E-state index contributed by atoms with van der Waals surface area (Å²) >= 11 is 1.87. The Morgan fingerprint density at radius 1 is 1.39 bits per heavy atom. The molecule has 0 radical (unpaired) electrons. The lowest BCUT2D eigenvalue weighted by Gasteiger charge is -2.32. The van der Waals surface area contributed by atoms with E-state index in [-0.39, 0.29) is 6.04 Å². The summed E-state index contributed by atoms with van der Waals surface area (Å²) in [4.78, 5) is 4.74. The fourth-order valence-electron chi connectivity index (χ4n) is 2.84. The van der Waals surface area contributed by atoms with Crippen molar-refractivity contribution in [2.45, 2.75) is 50.6 Å². The minimum absolute atomic E-state index is 0.105. The maximum Gasteiger partial charge on any atom is 0.157 e. The Morgan fingerprint density at radius 2 is 2.22 bits per heavy atom. The molecule has 3 nitrogen and oxygen atoms in total. The van der Waals surface area contributed by atoms with Gasteiger partial charge in [0.15, 0.2) is 5.17 Å². The van der Waals surface area contributed by atoms with Gasteiger partial charge in [-0.1, -0.05) is 31.0 Å². The Balaban J connectivity index is 1.67. The highest BCUT2D eigenvalue weighted by Gasteiger charge is 2.38. The minimum Gasteiger partial charge on any atom is -0.467 e. The van der Waals surface area contributed by atoms with Crippen LogP contribution in [0.5, 0.6) is 0 Å². The number of amidine groups is 1. The van der Waals surface area contributed by atoms with Gasteiger partial charge in [0.05, 0.1) is 6.26 Å². The van der Waals surface area contributed by atoms with Crippen LogP contribution in [0.1, 0.15) is 50.8 Å². The highest BCUT2D eigenvalue weighted by molar-refractivity contribution is 8.14. The van der Waals surface area contributed by atoms with Crippen LogP contribution in [-0.4, -0.2) is 16.5 Å². The summed E-state index contributed by atoms with van der Waals surface area (Å²) in [5.74, 6) is 2.12. The van der Waals surface area contributed by atoms with Gasteiger partial charge >= 0.3 is 0 Å². The van der Waals surface area contributed by atoms with Crippen molar-refractivity contribution in [1.29, 1.82) is 0 Å². The zero-order chi connectivity index (χ0) is 12.4. The lowest BCUT2D eigenvalue weighted by Crippen LogP contribution is -2.45. The Kier molecular flexibility index (Phi) is 3.37. The summed E-state index contributed by atoms with van der Waals surface area (Å²) in [7, 11) is 0. The quantitative estimate of drug-likeness (QED) is 0.884. The van der Waals surface area contributed by atoms with Gasteiger partial charge in [-0.2, -0.15) is 0 Å². The molecule has 98 valence electrons. The number of thioether (sulfide) groups is 1. The third kappa shape index (κ3) is 2.44. The van der Waals surface area contributed by atoms with Gasteiger partial charge in [-0.3, -0.25) is 4.99 Å². The van der Waals surface area contributed by atoms with Crippen LogP contribution in [0.2, 0.25) is 0 Å². The summed E-state index contributed by atoms with van der Waals surface area (Å²) in [6.07, 6.45) is 8.42. The number of aliphatic imine (C=N–C) groups is 1. The fourth-order valence-corrected chi connectivity index (χ4v) is 4.14. The average Bonchev–Trinajstić information content (AvgIpc) is 3.01. The van der Waals surface area contributed by atoms with Gasteiger partial charge in [0.1, 0.15) is 11.8 Å². The monoisotopic (exact) mass is 264 g/mol. The van der Waals surface area contributed by atoms with E-state index in [1.54, 1.807) is 6.26 Å². The van der Waals surface area contributed by atoms with E-state index >= 15 is 0 Å². The Bertz CT molecular complexity index is 421. The SMILES string of the molecule is CC(N=C1NC2(CCCCC2)CS1)c1ccco1. The van der Waals surface area contributed by atoms with Crippen molar-refractivity contribution in [3.05, 3.63) is 24.2 Å². The molecule has 1 N–H and O–H groups in total. The van der Waals surface area contributed by atoms with Crippen LogP contribution in [0.15, 0.2) is 27.8 Å². The van der Waals surface area contributed by atoms with E-state index in [1.165, 1.54) is 37.9 Å². The molecule has 0 amide bonds. The van der Waals surface area contributed by atoms with Crippen LogP contribution in [0.25, 0.3) is 0 Å². The molecular formula is C14H20N2OS. The lowest BCUT2D eigenvalue weighted by molar-refractivity contribution is 0.303. The Labute approximate surface area is 112 Å². The smallest absolute Gasteiger partial charge is 0.157 e. The van der Waals surface area contributed by atoms with Crippen molar-refractivity contribution in [1.82, 2.24) is 5.32 Å². The average molecular weight is 264 g/mol. The second kappa shape index (κ2) is 5.00. The third-order valence-electron chi connectivity index (χ3n) is 3.93. The number of nitrogens with one attached hydrogen (secondary N) is 1. The first kappa shape index (κ1) is 12.2. The van der Waals surface area contributed by atoms with Gasteiger partial charge in [-0.05, 0) is 31.9 Å². The summed E-state index contributed by atoms with van der Waals surface area (Å²) in [5, 5.41) is 4.77. The molecule has 3 rings (SSSR count). The van der Waals surface area contributed by atoms with Crippen molar-refractivity contribution in [3.8, 4) is 0 Å². The van der Waals surface area contributed by atoms with E-state index < -0.39 is 0 Å². The maximum absolute atomic E-state index is 5.40. The van der Waals surface area contributed by atoms with Crippen LogP contribution >= 0.6 is 11.8 Å². The lowest BCUT2D eigenvalue weighted by atomic mass is 9.83. The number of nitrogens with zero attached hydrogens (tertiary/aromatic N) is 1. The molecular weight excluding hydrogens is 244 g/mol. The van der Waals surface area contributed by atoms with Gasteiger partial charge in [0.2, 0.25) is 0 Å². The molecule has 1 spiro atoms. The van der Waals surface area contributed by atoms with Crippen molar-refractivity contribution in [2.24, 2.45) is 4.99 Å². The van der Waals surface area contributed by atoms with E-state index in [4.69, 9.17) is 9.41 Å². The van der Waals surface area contributed by atoms with E-state index in [0.29, 0.717) is 5.54 Å². The van der Waals surface area contributed by atoms with Crippen LogP contribution in [0, 0.1) is 0 Å². The number of hydrogen-bond donors (Lipinski definition) is 1. The van der Waals surface area contributed by atoms with Crippen LogP contribution < -0.4 is 5.32 Å². The fraction of sp³-hybridized carbons (Fsp3) is 0.643. The standard InChI is InChI=1S/C14H20N2OS/c1-11(12-6-5-9-17-12)15-13-16-14(10-18-13)7-3-2-4-8-14/h5-6,9,11H,2-4,7-8,10H2,1H3,(H,15,16). The third-order valence-corrected chi connectivity index (χ3v) is 5.11. The molecule has 0 aromatic carbocycles. The zero-order valence-electron chi connectivity index (χ0n) is 10.8. The topological polar surface area (TPSA) is 37.5 Å². The summed E-state index contributed by atoms with van der Waals surface area (Å²) in [6.45, 7) is 2.08. The van der Waals surface area contributed by atoms with E-state index in [9.17, 15) is 0 Å².